The lowest BCUT2D eigenvalue weighted by Gasteiger charge is -2.18. The zero-order chi connectivity index (χ0) is 13.5. The van der Waals surface area contributed by atoms with Crippen molar-refractivity contribution >= 4 is 9.84 Å². The van der Waals surface area contributed by atoms with Crippen LogP contribution in [0.1, 0.15) is 24.0 Å². The minimum Gasteiger partial charge on any atom is -0.274 e. The van der Waals surface area contributed by atoms with Gasteiger partial charge in [-0.2, -0.15) is 5.10 Å². The Labute approximate surface area is 113 Å². The van der Waals surface area contributed by atoms with Gasteiger partial charge >= 0.3 is 0 Å². The highest BCUT2D eigenvalue weighted by atomic mass is 32.2. The van der Waals surface area contributed by atoms with Crippen LogP contribution in [0.5, 0.6) is 0 Å². The molecule has 1 aliphatic rings. The van der Waals surface area contributed by atoms with Gasteiger partial charge in [-0.15, -0.1) is 0 Å². The molecule has 0 unspecified atom stereocenters. The molecule has 0 atom stereocenters. The minimum absolute atomic E-state index is 0.272. The van der Waals surface area contributed by atoms with Gasteiger partial charge in [0.25, 0.3) is 0 Å². The smallest absolute Gasteiger partial charge is 0.209 e. The van der Waals surface area contributed by atoms with Gasteiger partial charge in [-0.25, -0.2) is 8.42 Å². The molecule has 0 spiro atoms. The van der Waals surface area contributed by atoms with E-state index < -0.39 is 9.84 Å². The van der Waals surface area contributed by atoms with Gasteiger partial charge in [-0.3, -0.25) is 4.68 Å². The van der Waals surface area contributed by atoms with Crippen molar-refractivity contribution in [3.05, 3.63) is 41.7 Å². The zero-order valence-corrected chi connectivity index (χ0v) is 11.7. The van der Waals surface area contributed by atoms with Crippen molar-refractivity contribution in [1.29, 1.82) is 0 Å². The van der Waals surface area contributed by atoms with E-state index in [0.717, 1.165) is 31.2 Å². The Morgan fingerprint density at radius 3 is 2.74 bits per heavy atom. The average Bonchev–Trinajstić information content (AvgIpc) is 2.85. The molecule has 0 aliphatic heterocycles. The second-order valence-corrected chi connectivity index (χ2v) is 6.87. The molecule has 0 N–H and O–H groups in total. The lowest BCUT2D eigenvalue weighted by molar-refractivity contribution is 0.591. The molecule has 19 heavy (non-hydrogen) atoms. The van der Waals surface area contributed by atoms with Crippen LogP contribution in [0.25, 0.3) is 0 Å². The molecule has 0 amide bonds. The van der Waals surface area contributed by atoms with Gasteiger partial charge in [-0.05, 0) is 42.9 Å². The molecule has 0 bridgehead atoms. The van der Waals surface area contributed by atoms with Crippen molar-refractivity contribution in [2.45, 2.75) is 35.5 Å². The fraction of sp³-hybridized carbons (Fsp3) is 0.357. The molecule has 1 aromatic heterocycles. The Hall–Kier alpha value is -1.62. The molecule has 3 rings (SSSR count). The van der Waals surface area contributed by atoms with Crippen molar-refractivity contribution in [3.63, 3.8) is 0 Å². The molecule has 0 saturated heterocycles. The fourth-order valence-corrected chi connectivity index (χ4v) is 4.21. The van der Waals surface area contributed by atoms with Gasteiger partial charge in [0, 0.05) is 13.2 Å². The quantitative estimate of drug-likeness (QED) is 0.844. The summed E-state index contributed by atoms with van der Waals surface area (Å²) in [7, 11) is -1.72. The maximum Gasteiger partial charge on any atom is 0.209 e. The third-order valence-corrected chi connectivity index (χ3v) is 5.43. The number of aryl methyl sites for hydroxylation is 2. The second-order valence-electron chi connectivity index (χ2n) is 4.95. The summed E-state index contributed by atoms with van der Waals surface area (Å²) in [6.07, 6.45) is 7.00. The molecule has 5 heteroatoms. The average molecular weight is 276 g/mol. The molecular weight excluding hydrogens is 260 g/mol. The Balaban J connectivity index is 2.17. The van der Waals surface area contributed by atoms with E-state index in [4.69, 9.17) is 0 Å². The van der Waals surface area contributed by atoms with E-state index in [1.54, 1.807) is 19.3 Å². The Kier molecular flexibility index (Phi) is 2.93. The van der Waals surface area contributed by atoms with Crippen LogP contribution in [0.3, 0.4) is 0 Å². The van der Waals surface area contributed by atoms with Gasteiger partial charge in [0.2, 0.25) is 9.84 Å². The Morgan fingerprint density at radius 1 is 1.21 bits per heavy atom. The number of hydrogen-bond acceptors (Lipinski definition) is 3. The molecule has 0 fully saturated rings. The minimum atomic E-state index is -3.44. The van der Waals surface area contributed by atoms with Crippen LogP contribution < -0.4 is 0 Å². The first-order chi connectivity index (χ1) is 9.09. The SMILES string of the molecule is Cn1cc(S(=O)(=O)c2cccc3c2CCCC3)cn1. The van der Waals surface area contributed by atoms with E-state index in [0.29, 0.717) is 4.90 Å². The number of hydrogen-bond donors (Lipinski definition) is 0. The molecule has 0 radical (unpaired) electrons. The summed E-state index contributed by atoms with van der Waals surface area (Å²) in [5, 5.41) is 3.96. The largest absolute Gasteiger partial charge is 0.274 e. The summed E-state index contributed by atoms with van der Waals surface area (Å²) in [5.41, 5.74) is 2.17. The Bertz CT molecular complexity index is 717. The lowest BCUT2D eigenvalue weighted by atomic mass is 9.92. The predicted molar refractivity (Wildman–Crippen MR) is 71.7 cm³/mol. The topological polar surface area (TPSA) is 52.0 Å². The zero-order valence-electron chi connectivity index (χ0n) is 10.8. The number of sulfone groups is 1. The molecule has 2 aromatic rings. The molecular formula is C14H16N2O2S. The van der Waals surface area contributed by atoms with E-state index in [1.807, 2.05) is 12.1 Å². The second kappa shape index (κ2) is 4.49. The van der Waals surface area contributed by atoms with Crippen LogP contribution in [0, 0.1) is 0 Å². The van der Waals surface area contributed by atoms with Crippen molar-refractivity contribution in [2.24, 2.45) is 7.05 Å². The maximum absolute atomic E-state index is 12.7. The number of nitrogens with zero attached hydrogens (tertiary/aromatic N) is 2. The highest BCUT2D eigenvalue weighted by molar-refractivity contribution is 7.91. The van der Waals surface area contributed by atoms with Crippen LogP contribution in [-0.4, -0.2) is 18.2 Å². The molecule has 0 saturated carbocycles. The number of fused-ring (bicyclic) bond motifs is 1. The standard InChI is InChI=1S/C14H16N2O2S/c1-16-10-12(9-15-16)19(17,18)14-8-4-6-11-5-2-3-7-13(11)14/h4,6,8-10H,2-3,5,7H2,1H3. The van der Waals surface area contributed by atoms with Crippen LogP contribution in [0.4, 0.5) is 0 Å². The lowest BCUT2D eigenvalue weighted by Crippen LogP contribution is -2.11. The van der Waals surface area contributed by atoms with E-state index in [2.05, 4.69) is 5.10 Å². The van der Waals surface area contributed by atoms with Gasteiger partial charge in [0.1, 0.15) is 4.90 Å². The third-order valence-electron chi connectivity index (χ3n) is 3.63. The fourth-order valence-electron chi connectivity index (χ4n) is 2.66. The normalized spacial score (nSPS) is 15.2. The predicted octanol–water partition coefficient (Wildman–Crippen LogP) is 2.13. The number of benzene rings is 1. The van der Waals surface area contributed by atoms with Gasteiger partial charge in [0.15, 0.2) is 0 Å². The summed E-state index contributed by atoms with van der Waals surface area (Å²) in [5.74, 6) is 0. The van der Waals surface area contributed by atoms with Gasteiger partial charge in [-0.1, -0.05) is 12.1 Å². The molecule has 1 aromatic carbocycles. The molecule has 1 aliphatic carbocycles. The molecule has 4 nitrogen and oxygen atoms in total. The molecule has 100 valence electrons. The highest BCUT2D eigenvalue weighted by Crippen LogP contribution is 2.30. The van der Waals surface area contributed by atoms with Crippen molar-refractivity contribution < 1.29 is 8.42 Å². The molecule has 1 heterocycles. The van der Waals surface area contributed by atoms with Crippen LogP contribution >= 0.6 is 0 Å². The Morgan fingerprint density at radius 2 is 2.00 bits per heavy atom. The van der Waals surface area contributed by atoms with Crippen molar-refractivity contribution in [1.82, 2.24) is 9.78 Å². The van der Waals surface area contributed by atoms with Crippen molar-refractivity contribution in [3.8, 4) is 0 Å². The van der Waals surface area contributed by atoms with Crippen LogP contribution in [0.15, 0.2) is 40.4 Å². The first-order valence-electron chi connectivity index (χ1n) is 6.43. The first-order valence-corrected chi connectivity index (χ1v) is 7.92. The number of rotatable bonds is 2. The number of aromatic nitrogens is 2. The highest BCUT2D eigenvalue weighted by Gasteiger charge is 2.25. The van der Waals surface area contributed by atoms with E-state index in [9.17, 15) is 8.42 Å². The van der Waals surface area contributed by atoms with Crippen LogP contribution in [0.2, 0.25) is 0 Å². The first kappa shape index (κ1) is 12.4. The summed E-state index contributed by atoms with van der Waals surface area (Å²) < 4.78 is 26.8. The van der Waals surface area contributed by atoms with E-state index in [-0.39, 0.29) is 4.90 Å². The summed E-state index contributed by atoms with van der Waals surface area (Å²) in [6, 6.07) is 5.59. The summed E-state index contributed by atoms with van der Waals surface area (Å²) in [6.45, 7) is 0. The monoisotopic (exact) mass is 276 g/mol. The van der Waals surface area contributed by atoms with Gasteiger partial charge in [0.05, 0.1) is 11.1 Å². The summed E-state index contributed by atoms with van der Waals surface area (Å²) >= 11 is 0. The van der Waals surface area contributed by atoms with E-state index >= 15 is 0 Å². The van der Waals surface area contributed by atoms with Crippen LogP contribution in [-0.2, 0) is 29.7 Å². The van der Waals surface area contributed by atoms with Crippen molar-refractivity contribution in [2.75, 3.05) is 0 Å². The maximum atomic E-state index is 12.7. The van der Waals surface area contributed by atoms with Gasteiger partial charge < -0.3 is 0 Å². The van der Waals surface area contributed by atoms with E-state index in [1.165, 1.54) is 16.4 Å². The summed E-state index contributed by atoms with van der Waals surface area (Å²) in [4.78, 5) is 0.728. The third kappa shape index (κ3) is 2.08.